The van der Waals surface area contributed by atoms with Gasteiger partial charge in [0.05, 0.1) is 12.5 Å². The van der Waals surface area contributed by atoms with Gasteiger partial charge >= 0.3 is 5.97 Å². The number of ether oxygens (including phenoxy) is 1. The Balaban J connectivity index is 2.76. The molecule has 0 unspecified atom stereocenters. The predicted octanol–water partition coefficient (Wildman–Crippen LogP) is 0.464. The SMILES string of the molecule is Cn1cncc1C(=O)OCS. The predicted molar refractivity (Wildman–Crippen MR) is 42.5 cm³/mol. The third-order valence-electron chi connectivity index (χ3n) is 1.22. The molecule has 11 heavy (non-hydrogen) atoms. The normalized spacial score (nSPS) is 9.64. The highest BCUT2D eigenvalue weighted by atomic mass is 32.1. The summed E-state index contributed by atoms with van der Waals surface area (Å²) in [4.78, 5) is 14.8. The molecule has 0 N–H and O–H groups in total. The smallest absolute Gasteiger partial charge is 0.357 e. The van der Waals surface area contributed by atoms with Gasteiger partial charge in [-0.25, -0.2) is 9.78 Å². The lowest BCUT2D eigenvalue weighted by Crippen LogP contribution is -2.08. The molecule has 1 heterocycles. The van der Waals surface area contributed by atoms with Crippen LogP contribution in [0.25, 0.3) is 0 Å². The van der Waals surface area contributed by atoms with E-state index in [1.807, 2.05) is 0 Å². The second-order valence-electron chi connectivity index (χ2n) is 1.95. The highest BCUT2D eigenvalue weighted by Gasteiger charge is 2.09. The number of carbonyl (C=O) groups is 1. The van der Waals surface area contributed by atoms with Crippen molar-refractivity contribution in [3.05, 3.63) is 18.2 Å². The lowest BCUT2D eigenvalue weighted by atomic mass is 10.5. The zero-order valence-corrected chi connectivity index (χ0v) is 6.91. The lowest BCUT2D eigenvalue weighted by Gasteiger charge is -1.99. The van der Waals surface area contributed by atoms with E-state index in [4.69, 9.17) is 0 Å². The Kier molecular flexibility index (Phi) is 2.53. The van der Waals surface area contributed by atoms with Crippen molar-refractivity contribution >= 4 is 18.6 Å². The summed E-state index contributed by atoms with van der Waals surface area (Å²) in [6.07, 6.45) is 2.99. The maximum absolute atomic E-state index is 11.0. The monoisotopic (exact) mass is 172 g/mol. The first kappa shape index (κ1) is 8.13. The van der Waals surface area contributed by atoms with Gasteiger partial charge in [-0.05, 0) is 0 Å². The minimum atomic E-state index is -0.403. The molecule has 60 valence electrons. The average molecular weight is 172 g/mol. The van der Waals surface area contributed by atoms with Crippen LogP contribution in [-0.4, -0.2) is 21.5 Å². The van der Waals surface area contributed by atoms with Crippen molar-refractivity contribution < 1.29 is 9.53 Å². The minimum absolute atomic E-state index is 0.0873. The van der Waals surface area contributed by atoms with Crippen LogP contribution in [0.2, 0.25) is 0 Å². The van der Waals surface area contributed by atoms with Crippen molar-refractivity contribution in [1.29, 1.82) is 0 Å². The average Bonchev–Trinajstić information content (AvgIpc) is 2.36. The molecule has 1 aromatic rings. The highest BCUT2D eigenvalue weighted by molar-refractivity contribution is 7.80. The van der Waals surface area contributed by atoms with Crippen molar-refractivity contribution in [2.24, 2.45) is 7.05 Å². The Hall–Kier alpha value is -0.970. The fourth-order valence-electron chi connectivity index (χ4n) is 0.686. The van der Waals surface area contributed by atoms with Crippen LogP contribution in [0, 0.1) is 0 Å². The summed E-state index contributed by atoms with van der Waals surface area (Å²) < 4.78 is 6.22. The molecule has 5 heteroatoms. The summed E-state index contributed by atoms with van der Waals surface area (Å²) in [7, 11) is 1.72. The highest BCUT2D eigenvalue weighted by Crippen LogP contribution is 1.98. The Morgan fingerprint density at radius 2 is 2.64 bits per heavy atom. The number of aromatic nitrogens is 2. The first-order chi connectivity index (χ1) is 5.25. The molecule has 4 nitrogen and oxygen atoms in total. The zero-order chi connectivity index (χ0) is 8.27. The molecule has 0 fully saturated rings. The van der Waals surface area contributed by atoms with Crippen molar-refractivity contribution in [3.63, 3.8) is 0 Å². The molecule has 0 atom stereocenters. The third-order valence-corrected chi connectivity index (χ3v) is 1.35. The van der Waals surface area contributed by atoms with E-state index in [0.29, 0.717) is 5.69 Å². The molecule has 0 aromatic carbocycles. The number of hydrogen-bond donors (Lipinski definition) is 1. The zero-order valence-electron chi connectivity index (χ0n) is 6.02. The maximum atomic E-state index is 11.0. The molecule has 0 spiro atoms. The summed E-state index contributed by atoms with van der Waals surface area (Å²) in [5, 5.41) is 0. The molecule has 0 saturated carbocycles. The van der Waals surface area contributed by atoms with Gasteiger partial charge in [0, 0.05) is 7.05 Å². The molecule has 0 saturated heterocycles. The number of hydrogen-bond acceptors (Lipinski definition) is 4. The van der Waals surface area contributed by atoms with E-state index in [1.54, 1.807) is 11.6 Å². The Morgan fingerprint density at radius 1 is 1.91 bits per heavy atom. The largest absolute Gasteiger partial charge is 0.450 e. The standard InChI is InChI=1S/C6H8N2O2S/c1-8-3-7-2-5(8)6(9)10-4-11/h2-3,11H,4H2,1H3. The first-order valence-corrected chi connectivity index (χ1v) is 3.63. The van der Waals surface area contributed by atoms with E-state index in [0.717, 1.165) is 0 Å². The van der Waals surface area contributed by atoms with E-state index in [1.165, 1.54) is 12.5 Å². The number of esters is 1. The number of carbonyl (C=O) groups excluding carboxylic acids is 1. The summed E-state index contributed by atoms with van der Waals surface area (Å²) >= 11 is 3.75. The fraction of sp³-hybridized carbons (Fsp3) is 0.333. The molecule has 0 amide bonds. The van der Waals surface area contributed by atoms with E-state index < -0.39 is 5.97 Å². The van der Waals surface area contributed by atoms with Crippen molar-refractivity contribution in [3.8, 4) is 0 Å². The summed E-state index contributed by atoms with van der Waals surface area (Å²) in [5.41, 5.74) is 0.430. The van der Waals surface area contributed by atoms with Gasteiger partial charge in [-0.15, -0.1) is 12.6 Å². The minimum Gasteiger partial charge on any atom is -0.450 e. The quantitative estimate of drug-likeness (QED) is 0.400. The molecular formula is C6H8N2O2S. The number of imidazole rings is 1. The van der Waals surface area contributed by atoms with Crippen LogP contribution < -0.4 is 0 Å². The van der Waals surface area contributed by atoms with Gasteiger partial charge in [0.25, 0.3) is 0 Å². The van der Waals surface area contributed by atoms with Crippen LogP contribution in [0.5, 0.6) is 0 Å². The van der Waals surface area contributed by atoms with Gasteiger partial charge in [0.2, 0.25) is 0 Å². The molecule has 1 rings (SSSR count). The van der Waals surface area contributed by atoms with Crippen molar-refractivity contribution in [2.45, 2.75) is 0 Å². The Labute approximate surface area is 69.6 Å². The third kappa shape index (κ3) is 1.74. The van der Waals surface area contributed by atoms with Crippen LogP contribution in [0.4, 0.5) is 0 Å². The molecular weight excluding hydrogens is 164 g/mol. The molecule has 0 aliphatic carbocycles. The van der Waals surface area contributed by atoms with Crippen LogP contribution >= 0.6 is 12.6 Å². The van der Waals surface area contributed by atoms with Gasteiger partial charge in [0.1, 0.15) is 11.6 Å². The Bertz CT molecular complexity index is 259. The number of aryl methyl sites for hydroxylation is 1. The van der Waals surface area contributed by atoms with E-state index in [9.17, 15) is 4.79 Å². The van der Waals surface area contributed by atoms with Crippen molar-refractivity contribution in [1.82, 2.24) is 9.55 Å². The second-order valence-corrected chi connectivity index (χ2v) is 2.21. The number of thiol groups is 1. The fourth-order valence-corrected chi connectivity index (χ4v) is 0.804. The van der Waals surface area contributed by atoms with Crippen LogP contribution in [0.3, 0.4) is 0 Å². The van der Waals surface area contributed by atoms with E-state index in [-0.39, 0.29) is 5.94 Å². The summed E-state index contributed by atoms with van der Waals surface area (Å²) in [5.74, 6) is -0.315. The molecule has 0 radical (unpaired) electrons. The van der Waals surface area contributed by atoms with Gasteiger partial charge < -0.3 is 9.30 Å². The molecule has 0 aliphatic rings. The van der Waals surface area contributed by atoms with Crippen molar-refractivity contribution in [2.75, 3.05) is 5.94 Å². The Morgan fingerprint density at radius 3 is 3.09 bits per heavy atom. The van der Waals surface area contributed by atoms with Gasteiger partial charge in [-0.1, -0.05) is 0 Å². The van der Waals surface area contributed by atoms with Gasteiger partial charge in [-0.2, -0.15) is 0 Å². The molecule has 0 bridgehead atoms. The lowest BCUT2D eigenvalue weighted by molar-refractivity contribution is 0.0570. The van der Waals surface area contributed by atoms with Gasteiger partial charge in [-0.3, -0.25) is 0 Å². The van der Waals surface area contributed by atoms with Crippen LogP contribution in [0.15, 0.2) is 12.5 Å². The van der Waals surface area contributed by atoms with Crippen LogP contribution in [-0.2, 0) is 11.8 Å². The van der Waals surface area contributed by atoms with E-state index in [2.05, 4.69) is 22.3 Å². The van der Waals surface area contributed by atoms with E-state index >= 15 is 0 Å². The summed E-state index contributed by atoms with van der Waals surface area (Å²) in [6.45, 7) is 0. The topological polar surface area (TPSA) is 44.1 Å². The van der Waals surface area contributed by atoms with Crippen LogP contribution in [0.1, 0.15) is 10.5 Å². The number of rotatable bonds is 2. The second kappa shape index (κ2) is 3.43. The van der Waals surface area contributed by atoms with Gasteiger partial charge in [0.15, 0.2) is 0 Å². The molecule has 1 aromatic heterocycles. The summed E-state index contributed by atoms with van der Waals surface area (Å²) in [6, 6.07) is 0. The first-order valence-electron chi connectivity index (χ1n) is 3.00. The maximum Gasteiger partial charge on any atom is 0.357 e. The molecule has 0 aliphatic heterocycles. The number of nitrogens with zero attached hydrogens (tertiary/aromatic N) is 2.